The number of carbonyl (C=O) groups excluding carboxylic acids is 2. The number of amides is 2. The first kappa shape index (κ1) is 20.6. The number of nitrogens with zero attached hydrogens (tertiary/aromatic N) is 1. The molecule has 0 aromatic heterocycles. The number of rotatable bonds is 7. The third-order valence-corrected chi connectivity index (χ3v) is 5.19. The second-order valence-electron chi connectivity index (χ2n) is 7.50. The van der Waals surface area contributed by atoms with Crippen LogP contribution >= 0.6 is 0 Å². The van der Waals surface area contributed by atoms with Crippen molar-refractivity contribution in [3.8, 4) is 11.5 Å². The van der Waals surface area contributed by atoms with Crippen LogP contribution in [0.15, 0.2) is 72.8 Å². The number of likely N-dealkylation sites (tertiary alicyclic amines) is 1. The molecule has 5 nitrogen and oxygen atoms in total. The monoisotopic (exact) mass is 418 g/mol. The maximum Gasteiger partial charge on any atom is 0.251 e. The molecule has 1 aliphatic rings. The van der Waals surface area contributed by atoms with Gasteiger partial charge in [-0.3, -0.25) is 9.59 Å². The molecule has 1 heterocycles. The van der Waals surface area contributed by atoms with E-state index in [1.165, 1.54) is 12.1 Å². The highest BCUT2D eigenvalue weighted by Crippen LogP contribution is 2.22. The van der Waals surface area contributed by atoms with E-state index in [0.717, 1.165) is 24.1 Å². The molecule has 3 aromatic carbocycles. The molecule has 158 valence electrons. The van der Waals surface area contributed by atoms with Gasteiger partial charge in [0.25, 0.3) is 5.91 Å². The first-order chi connectivity index (χ1) is 15.1. The minimum Gasteiger partial charge on any atom is -0.457 e. The number of nitrogens with one attached hydrogen (secondary N) is 1. The predicted octanol–water partition coefficient (Wildman–Crippen LogP) is 4.67. The fourth-order valence-corrected chi connectivity index (χ4v) is 3.45. The first-order valence-corrected chi connectivity index (χ1v) is 10.2. The molecule has 1 saturated heterocycles. The Morgan fingerprint density at radius 1 is 0.903 bits per heavy atom. The van der Waals surface area contributed by atoms with Crippen LogP contribution in [0, 0.1) is 5.82 Å². The average molecular weight is 418 g/mol. The Labute approximate surface area is 180 Å². The number of halogens is 1. The van der Waals surface area contributed by atoms with Gasteiger partial charge in [-0.2, -0.15) is 0 Å². The Morgan fingerprint density at radius 2 is 1.52 bits per heavy atom. The van der Waals surface area contributed by atoms with Crippen molar-refractivity contribution in [1.29, 1.82) is 0 Å². The highest BCUT2D eigenvalue weighted by molar-refractivity contribution is 5.94. The minimum absolute atomic E-state index is 0.157. The van der Waals surface area contributed by atoms with E-state index in [9.17, 15) is 14.0 Å². The summed E-state index contributed by atoms with van der Waals surface area (Å²) in [6, 6.07) is 20.5. The molecule has 0 radical (unpaired) electrons. The Balaban J connectivity index is 1.28. The second kappa shape index (κ2) is 9.43. The summed E-state index contributed by atoms with van der Waals surface area (Å²) in [7, 11) is 0. The fraction of sp³-hybridized carbons (Fsp3) is 0.200. The number of benzene rings is 3. The average Bonchev–Trinajstić information content (AvgIpc) is 3.19. The third-order valence-electron chi connectivity index (χ3n) is 5.19. The summed E-state index contributed by atoms with van der Waals surface area (Å²) in [5.41, 5.74) is 2.53. The largest absolute Gasteiger partial charge is 0.457 e. The summed E-state index contributed by atoms with van der Waals surface area (Å²) < 4.78 is 18.6. The van der Waals surface area contributed by atoms with Gasteiger partial charge in [-0.1, -0.05) is 24.3 Å². The highest BCUT2D eigenvalue weighted by atomic mass is 19.1. The summed E-state index contributed by atoms with van der Waals surface area (Å²) in [4.78, 5) is 26.0. The van der Waals surface area contributed by atoms with Crippen LogP contribution in [0.25, 0.3) is 0 Å². The molecular weight excluding hydrogens is 395 g/mol. The van der Waals surface area contributed by atoms with Crippen LogP contribution in [0.4, 0.5) is 4.39 Å². The quantitative estimate of drug-likeness (QED) is 0.607. The standard InChI is InChI=1S/C25H23FN2O3/c26-21-9-13-23(14-10-21)31-22-11-5-18(6-12-22)16-27-25(30)20-7-3-19(4-8-20)17-28-15-1-2-24(28)29/h3-14H,1-2,15-17H2,(H,27,30). The molecule has 0 unspecified atom stereocenters. The molecule has 0 spiro atoms. The van der Waals surface area contributed by atoms with Crippen LogP contribution in [0.1, 0.15) is 34.3 Å². The van der Waals surface area contributed by atoms with E-state index in [-0.39, 0.29) is 17.6 Å². The van der Waals surface area contributed by atoms with Gasteiger partial charge in [0.15, 0.2) is 0 Å². The maximum atomic E-state index is 13.0. The smallest absolute Gasteiger partial charge is 0.251 e. The Hall–Kier alpha value is -3.67. The van der Waals surface area contributed by atoms with Crippen molar-refractivity contribution >= 4 is 11.8 Å². The molecule has 4 rings (SSSR count). The summed E-state index contributed by atoms with van der Waals surface area (Å²) in [5, 5.41) is 2.90. The Bertz CT molecular complexity index is 1050. The molecule has 0 aliphatic carbocycles. The summed E-state index contributed by atoms with van der Waals surface area (Å²) in [6.45, 7) is 1.78. The fourth-order valence-electron chi connectivity index (χ4n) is 3.45. The zero-order valence-electron chi connectivity index (χ0n) is 17.0. The van der Waals surface area contributed by atoms with Crippen LogP contribution in [0.5, 0.6) is 11.5 Å². The zero-order chi connectivity index (χ0) is 21.6. The van der Waals surface area contributed by atoms with E-state index in [4.69, 9.17) is 4.74 Å². The summed E-state index contributed by atoms with van der Waals surface area (Å²) in [5.74, 6) is 0.912. The van der Waals surface area contributed by atoms with Crippen molar-refractivity contribution in [1.82, 2.24) is 10.2 Å². The number of ether oxygens (including phenoxy) is 1. The van der Waals surface area contributed by atoms with Crippen molar-refractivity contribution in [2.45, 2.75) is 25.9 Å². The Morgan fingerprint density at radius 3 is 2.13 bits per heavy atom. The third kappa shape index (κ3) is 5.48. The van der Waals surface area contributed by atoms with Gasteiger partial charge in [0, 0.05) is 31.6 Å². The van der Waals surface area contributed by atoms with Gasteiger partial charge in [0.2, 0.25) is 5.91 Å². The predicted molar refractivity (Wildman–Crippen MR) is 115 cm³/mol. The molecule has 6 heteroatoms. The molecule has 1 fully saturated rings. The van der Waals surface area contributed by atoms with Crippen LogP contribution in [-0.4, -0.2) is 23.3 Å². The normalized spacial score (nSPS) is 13.3. The highest BCUT2D eigenvalue weighted by Gasteiger charge is 2.20. The van der Waals surface area contributed by atoms with Gasteiger partial charge >= 0.3 is 0 Å². The molecule has 1 N–H and O–H groups in total. The number of carbonyl (C=O) groups is 2. The molecule has 31 heavy (non-hydrogen) atoms. The zero-order valence-corrected chi connectivity index (χ0v) is 17.0. The van der Waals surface area contributed by atoms with Crippen LogP contribution in [0.2, 0.25) is 0 Å². The van der Waals surface area contributed by atoms with Crippen molar-refractivity contribution in [2.75, 3.05) is 6.54 Å². The summed E-state index contributed by atoms with van der Waals surface area (Å²) >= 11 is 0. The van der Waals surface area contributed by atoms with Crippen molar-refractivity contribution < 1.29 is 18.7 Å². The lowest BCUT2D eigenvalue weighted by Crippen LogP contribution is -2.24. The number of hydrogen-bond donors (Lipinski definition) is 1. The van der Waals surface area contributed by atoms with Crippen LogP contribution in [-0.2, 0) is 17.9 Å². The van der Waals surface area contributed by atoms with E-state index in [1.807, 2.05) is 29.2 Å². The maximum absolute atomic E-state index is 13.0. The lowest BCUT2D eigenvalue weighted by atomic mass is 10.1. The van der Waals surface area contributed by atoms with E-state index >= 15 is 0 Å². The molecule has 0 bridgehead atoms. The first-order valence-electron chi connectivity index (χ1n) is 10.2. The molecular formula is C25H23FN2O3. The van der Waals surface area contributed by atoms with Gasteiger partial charge in [0.1, 0.15) is 17.3 Å². The molecule has 1 aliphatic heterocycles. The van der Waals surface area contributed by atoms with Crippen molar-refractivity contribution in [3.63, 3.8) is 0 Å². The van der Waals surface area contributed by atoms with Gasteiger partial charge in [0.05, 0.1) is 0 Å². The Kier molecular flexibility index (Phi) is 6.26. The van der Waals surface area contributed by atoms with Gasteiger partial charge in [-0.25, -0.2) is 4.39 Å². The molecule has 0 saturated carbocycles. The van der Waals surface area contributed by atoms with Gasteiger partial charge in [-0.15, -0.1) is 0 Å². The van der Waals surface area contributed by atoms with Crippen molar-refractivity contribution in [2.24, 2.45) is 0 Å². The SMILES string of the molecule is O=C(NCc1ccc(Oc2ccc(F)cc2)cc1)c1ccc(CN2CCCC2=O)cc1. The second-order valence-corrected chi connectivity index (χ2v) is 7.50. The lowest BCUT2D eigenvalue weighted by Gasteiger charge is -2.15. The molecule has 0 atom stereocenters. The van der Waals surface area contributed by atoms with E-state index in [0.29, 0.717) is 36.6 Å². The van der Waals surface area contributed by atoms with Gasteiger partial charge < -0.3 is 15.0 Å². The topological polar surface area (TPSA) is 58.6 Å². The van der Waals surface area contributed by atoms with Crippen LogP contribution in [0.3, 0.4) is 0 Å². The minimum atomic E-state index is -0.310. The van der Waals surface area contributed by atoms with E-state index in [2.05, 4.69) is 5.32 Å². The molecule has 2 amide bonds. The van der Waals surface area contributed by atoms with E-state index in [1.54, 1.807) is 36.4 Å². The van der Waals surface area contributed by atoms with Crippen molar-refractivity contribution in [3.05, 3.63) is 95.3 Å². The van der Waals surface area contributed by atoms with Crippen LogP contribution < -0.4 is 10.1 Å². The van der Waals surface area contributed by atoms with E-state index < -0.39 is 0 Å². The van der Waals surface area contributed by atoms with Gasteiger partial charge in [-0.05, 0) is 66.1 Å². The molecule has 3 aromatic rings. The summed E-state index contributed by atoms with van der Waals surface area (Å²) in [6.07, 6.45) is 1.54. The number of hydrogen-bond acceptors (Lipinski definition) is 3. The lowest BCUT2D eigenvalue weighted by molar-refractivity contribution is -0.128.